The van der Waals surface area contributed by atoms with Crippen LogP contribution in [0.5, 0.6) is 5.75 Å². The summed E-state index contributed by atoms with van der Waals surface area (Å²) in [7, 11) is 1.62. The van der Waals surface area contributed by atoms with Gasteiger partial charge in [0.2, 0.25) is 11.8 Å². The average molecular weight is 491 g/mol. The van der Waals surface area contributed by atoms with Crippen molar-refractivity contribution >= 4 is 17.6 Å². The summed E-state index contributed by atoms with van der Waals surface area (Å²) >= 11 is 0. The first kappa shape index (κ1) is 27.0. The van der Waals surface area contributed by atoms with Gasteiger partial charge < -0.3 is 15.0 Å². The number of nitrogens with zero attached hydrogens (tertiary/aromatic N) is 3. The molecule has 0 aliphatic rings. The van der Waals surface area contributed by atoms with Gasteiger partial charge in [-0.15, -0.1) is 0 Å². The summed E-state index contributed by atoms with van der Waals surface area (Å²) < 4.78 is 7.00. The molecular weight excluding hydrogens is 452 g/mol. The molecule has 1 N–H and O–H groups in total. The summed E-state index contributed by atoms with van der Waals surface area (Å²) in [6, 6.07) is 19.0. The Bertz CT molecular complexity index is 1150. The van der Waals surface area contributed by atoms with E-state index in [0.29, 0.717) is 18.3 Å². The molecule has 0 saturated carbocycles. The second-order valence-corrected chi connectivity index (χ2v) is 10.5. The monoisotopic (exact) mass is 490 g/mol. The minimum absolute atomic E-state index is 0.0168. The molecule has 3 aromatic rings. The maximum absolute atomic E-state index is 13.2. The first-order valence-corrected chi connectivity index (χ1v) is 12.4. The van der Waals surface area contributed by atoms with E-state index in [1.54, 1.807) is 16.7 Å². The van der Waals surface area contributed by atoms with Crippen LogP contribution in [0.3, 0.4) is 0 Å². The first-order valence-electron chi connectivity index (χ1n) is 12.4. The molecule has 192 valence electrons. The molecule has 36 heavy (non-hydrogen) atoms. The highest BCUT2D eigenvalue weighted by Crippen LogP contribution is 2.27. The van der Waals surface area contributed by atoms with Crippen molar-refractivity contribution in [2.45, 2.75) is 52.9 Å². The summed E-state index contributed by atoms with van der Waals surface area (Å²) in [6.45, 7) is 11.0. The van der Waals surface area contributed by atoms with Crippen molar-refractivity contribution < 1.29 is 14.3 Å². The van der Waals surface area contributed by atoms with Gasteiger partial charge in [0.15, 0.2) is 0 Å². The highest BCUT2D eigenvalue weighted by atomic mass is 16.5. The molecule has 2 aromatic carbocycles. The molecule has 7 heteroatoms. The van der Waals surface area contributed by atoms with E-state index in [-0.39, 0.29) is 30.2 Å². The fraction of sp³-hybridized carbons (Fsp3) is 0.414. The highest BCUT2D eigenvalue weighted by molar-refractivity contribution is 5.94. The number of aromatic nitrogens is 2. The van der Waals surface area contributed by atoms with E-state index < -0.39 is 0 Å². The van der Waals surface area contributed by atoms with Crippen LogP contribution >= 0.6 is 0 Å². The second kappa shape index (κ2) is 11.9. The minimum atomic E-state index is -0.254. The smallest absolute Gasteiger partial charge is 0.245 e. The summed E-state index contributed by atoms with van der Waals surface area (Å²) in [6.07, 6.45) is 1.09. The van der Waals surface area contributed by atoms with E-state index >= 15 is 0 Å². The predicted octanol–water partition coefficient (Wildman–Crippen LogP) is 5.23. The molecule has 0 unspecified atom stereocenters. The van der Waals surface area contributed by atoms with Gasteiger partial charge in [-0.2, -0.15) is 5.10 Å². The molecule has 0 aliphatic heterocycles. The minimum Gasteiger partial charge on any atom is -0.497 e. The number of anilines is 1. The van der Waals surface area contributed by atoms with Gasteiger partial charge in [-0.3, -0.25) is 9.59 Å². The standard InChI is InChI=1S/C29H38N4O3/c1-21(2)16-17-32(28(35)18-22-10-8-7-9-11-22)20-27(34)30-26-19-25(29(3,4)5)31-33(26)23-12-14-24(36-6)15-13-23/h7-15,19,21H,16-18,20H2,1-6H3,(H,30,34). The molecule has 1 heterocycles. The van der Waals surface area contributed by atoms with Crippen molar-refractivity contribution in [3.8, 4) is 11.4 Å². The molecule has 0 radical (unpaired) electrons. The zero-order valence-electron chi connectivity index (χ0n) is 22.2. The third-order valence-corrected chi connectivity index (χ3v) is 5.92. The van der Waals surface area contributed by atoms with E-state index in [4.69, 9.17) is 9.84 Å². The van der Waals surface area contributed by atoms with Gasteiger partial charge in [0, 0.05) is 18.0 Å². The van der Waals surface area contributed by atoms with Crippen LogP contribution in [0.15, 0.2) is 60.7 Å². The van der Waals surface area contributed by atoms with Crippen LogP contribution in [0.1, 0.15) is 52.3 Å². The van der Waals surface area contributed by atoms with Crippen LogP contribution in [0.25, 0.3) is 5.69 Å². The van der Waals surface area contributed by atoms with Crippen molar-refractivity contribution in [3.63, 3.8) is 0 Å². The fourth-order valence-corrected chi connectivity index (χ4v) is 3.70. The summed E-state index contributed by atoms with van der Waals surface area (Å²) in [4.78, 5) is 28.0. The molecule has 2 amide bonds. The number of carbonyl (C=O) groups is 2. The van der Waals surface area contributed by atoms with Gasteiger partial charge in [0.05, 0.1) is 31.5 Å². The van der Waals surface area contributed by atoms with E-state index in [9.17, 15) is 9.59 Å². The van der Waals surface area contributed by atoms with E-state index in [1.165, 1.54) is 0 Å². The lowest BCUT2D eigenvalue weighted by atomic mass is 9.92. The van der Waals surface area contributed by atoms with Gasteiger partial charge in [-0.1, -0.05) is 65.0 Å². The van der Waals surface area contributed by atoms with Crippen LogP contribution in [0.2, 0.25) is 0 Å². The van der Waals surface area contributed by atoms with Crippen LogP contribution in [-0.2, 0) is 21.4 Å². The number of carbonyl (C=O) groups excluding carboxylic acids is 2. The Balaban J connectivity index is 1.81. The Morgan fingerprint density at radius 3 is 2.31 bits per heavy atom. The lowest BCUT2D eigenvalue weighted by Gasteiger charge is -2.23. The molecule has 3 rings (SSSR count). The number of amides is 2. The number of benzene rings is 2. The lowest BCUT2D eigenvalue weighted by molar-refractivity contribution is -0.134. The Morgan fingerprint density at radius 2 is 1.72 bits per heavy atom. The maximum atomic E-state index is 13.2. The molecule has 1 aromatic heterocycles. The molecule has 0 spiro atoms. The largest absolute Gasteiger partial charge is 0.497 e. The number of methoxy groups -OCH3 is 1. The quantitative estimate of drug-likeness (QED) is 0.422. The predicted molar refractivity (Wildman–Crippen MR) is 144 cm³/mol. The van der Waals surface area contributed by atoms with Crippen LogP contribution < -0.4 is 10.1 Å². The topological polar surface area (TPSA) is 76.5 Å². The zero-order valence-corrected chi connectivity index (χ0v) is 22.2. The van der Waals surface area contributed by atoms with Crippen molar-refractivity contribution in [2.24, 2.45) is 5.92 Å². The second-order valence-electron chi connectivity index (χ2n) is 10.5. The van der Waals surface area contributed by atoms with Crippen molar-refractivity contribution in [3.05, 3.63) is 71.9 Å². The van der Waals surface area contributed by atoms with Gasteiger partial charge in [-0.05, 0) is 42.2 Å². The van der Waals surface area contributed by atoms with Crippen molar-refractivity contribution in [1.29, 1.82) is 0 Å². The third kappa shape index (κ3) is 7.44. The molecule has 0 aliphatic carbocycles. The molecule has 0 saturated heterocycles. The fourth-order valence-electron chi connectivity index (χ4n) is 3.70. The lowest BCUT2D eigenvalue weighted by Crippen LogP contribution is -2.40. The number of hydrogen-bond acceptors (Lipinski definition) is 4. The molecule has 0 bridgehead atoms. The first-order chi connectivity index (χ1) is 17.1. The Hall–Kier alpha value is -3.61. The van der Waals surface area contributed by atoms with Crippen LogP contribution in [0.4, 0.5) is 5.82 Å². The summed E-state index contributed by atoms with van der Waals surface area (Å²) in [5.74, 6) is 1.41. The normalized spacial score (nSPS) is 11.4. The zero-order chi connectivity index (χ0) is 26.3. The van der Waals surface area contributed by atoms with Crippen molar-refractivity contribution in [1.82, 2.24) is 14.7 Å². The van der Waals surface area contributed by atoms with E-state index in [1.807, 2.05) is 60.7 Å². The van der Waals surface area contributed by atoms with E-state index in [2.05, 4.69) is 39.9 Å². The molecular formula is C29H38N4O3. The number of rotatable bonds is 10. The third-order valence-electron chi connectivity index (χ3n) is 5.92. The Morgan fingerprint density at radius 1 is 1.06 bits per heavy atom. The highest BCUT2D eigenvalue weighted by Gasteiger charge is 2.23. The molecule has 0 fully saturated rings. The van der Waals surface area contributed by atoms with Crippen molar-refractivity contribution in [2.75, 3.05) is 25.5 Å². The van der Waals surface area contributed by atoms with Crippen LogP contribution in [-0.4, -0.2) is 46.7 Å². The number of hydrogen-bond donors (Lipinski definition) is 1. The van der Waals surface area contributed by atoms with Gasteiger partial charge in [-0.25, -0.2) is 4.68 Å². The molecule has 7 nitrogen and oxygen atoms in total. The SMILES string of the molecule is COc1ccc(-n2nc(C(C)(C)C)cc2NC(=O)CN(CCC(C)C)C(=O)Cc2ccccc2)cc1. The number of nitrogens with one attached hydrogen (secondary N) is 1. The Labute approximate surface area is 214 Å². The molecule has 0 atom stereocenters. The van der Waals surface area contributed by atoms with Gasteiger partial charge in [0.25, 0.3) is 0 Å². The van der Waals surface area contributed by atoms with E-state index in [0.717, 1.165) is 29.1 Å². The number of ether oxygens (including phenoxy) is 1. The Kier molecular flexibility index (Phi) is 8.91. The summed E-state index contributed by atoms with van der Waals surface area (Å²) in [5.41, 5.74) is 2.39. The average Bonchev–Trinajstić information content (AvgIpc) is 3.26. The van der Waals surface area contributed by atoms with Gasteiger partial charge >= 0.3 is 0 Å². The van der Waals surface area contributed by atoms with Gasteiger partial charge in [0.1, 0.15) is 11.6 Å². The van der Waals surface area contributed by atoms with Crippen LogP contribution in [0, 0.1) is 5.92 Å². The maximum Gasteiger partial charge on any atom is 0.245 e. The summed E-state index contributed by atoms with van der Waals surface area (Å²) in [5, 5.41) is 7.77.